The van der Waals surface area contributed by atoms with Gasteiger partial charge in [-0.2, -0.15) is 9.98 Å². The SMILES string of the molecule is C=CC1(CO)COc2c(cn(C)c2C(=O)Nc2ccc(C)c(C#N)c2)S(=O)(=O)N1. The first-order chi connectivity index (χ1) is 13.7. The van der Waals surface area contributed by atoms with Crippen molar-refractivity contribution >= 4 is 21.6 Å². The third-order valence-electron chi connectivity index (χ3n) is 4.71. The highest BCUT2D eigenvalue weighted by molar-refractivity contribution is 7.89. The van der Waals surface area contributed by atoms with Crippen molar-refractivity contribution in [2.24, 2.45) is 7.05 Å². The average molecular weight is 416 g/mol. The number of nitrogens with zero attached hydrogens (tertiary/aromatic N) is 2. The number of aliphatic hydroxyl groups excluding tert-OH is 1. The number of carbonyl (C=O) groups excluding carboxylic acids is 1. The number of aliphatic hydroxyl groups is 1. The summed E-state index contributed by atoms with van der Waals surface area (Å²) in [5, 5.41) is 21.4. The van der Waals surface area contributed by atoms with Gasteiger partial charge in [0.05, 0.1) is 18.2 Å². The van der Waals surface area contributed by atoms with E-state index >= 15 is 0 Å². The first kappa shape index (κ1) is 20.6. The van der Waals surface area contributed by atoms with Crippen LogP contribution in [0.5, 0.6) is 5.75 Å². The van der Waals surface area contributed by atoms with Gasteiger partial charge in [0.1, 0.15) is 17.0 Å². The zero-order valence-electron chi connectivity index (χ0n) is 15.9. The van der Waals surface area contributed by atoms with Crippen LogP contribution in [0.2, 0.25) is 0 Å². The zero-order chi connectivity index (χ0) is 21.4. The van der Waals surface area contributed by atoms with E-state index in [0.29, 0.717) is 11.3 Å². The van der Waals surface area contributed by atoms with Crippen LogP contribution in [0, 0.1) is 18.3 Å². The molecule has 1 aliphatic heterocycles. The molecule has 1 amide bonds. The number of ether oxygens (including phenoxy) is 1. The van der Waals surface area contributed by atoms with E-state index in [2.05, 4.69) is 16.6 Å². The van der Waals surface area contributed by atoms with Gasteiger partial charge in [0.25, 0.3) is 5.91 Å². The van der Waals surface area contributed by atoms with E-state index in [0.717, 1.165) is 5.56 Å². The molecule has 1 aromatic heterocycles. The lowest BCUT2D eigenvalue weighted by Gasteiger charge is -2.26. The van der Waals surface area contributed by atoms with Crippen molar-refractivity contribution in [2.45, 2.75) is 17.4 Å². The molecule has 2 heterocycles. The molecule has 2 aromatic rings. The minimum atomic E-state index is -4.08. The molecule has 9 nitrogen and oxygen atoms in total. The molecular weight excluding hydrogens is 396 g/mol. The monoisotopic (exact) mass is 416 g/mol. The molecule has 0 saturated heterocycles. The molecule has 0 radical (unpaired) electrons. The number of benzene rings is 1. The second-order valence-electron chi connectivity index (χ2n) is 6.79. The fraction of sp³-hybridized carbons (Fsp3) is 0.263. The number of sulfonamides is 1. The molecule has 0 spiro atoms. The van der Waals surface area contributed by atoms with Gasteiger partial charge >= 0.3 is 0 Å². The summed E-state index contributed by atoms with van der Waals surface area (Å²) < 4.78 is 34.9. The van der Waals surface area contributed by atoms with E-state index < -0.39 is 28.1 Å². The first-order valence-corrected chi connectivity index (χ1v) is 10.1. The molecule has 152 valence electrons. The predicted octanol–water partition coefficient (Wildman–Crippen LogP) is 1.05. The van der Waals surface area contributed by atoms with Crippen molar-refractivity contribution in [1.29, 1.82) is 5.26 Å². The predicted molar refractivity (Wildman–Crippen MR) is 105 cm³/mol. The second kappa shape index (κ2) is 7.36. The highest BCUT2D eigenvalue weighted by atomic mass is 32.2. The minimum absolute atomic E-state index is 0.0118. The van der Waals surface area contributed by atoms with Gasteiger partial charge in [-0.25, -0.2) is 8.42 Å². The molecule has 3 N–H and O–H groups in total. The van der Waals surface area contributed by atoms with Gasteiger partial charge in [-0.1, -0.05) is 12.1 Å². The van der Waals surface area contributed by atoms with Crippen LogP contribution < -0.4 is 14.8 Å². The summed E-state index contributed by atoms with van der Waals surface area (Å²) in [6, 6.07) is 6.92. The molecule has 1 unspecified atom stereocenters. The Kier molecular flexibility index (Phi) is 5.23. The molecule has 0 aliphatic carbocycles. The Labute approximate surface area is 168 Å². The third kappa shape index (κ3) is 3.63. The summed E-state index contributed by atoms with van der Waals surface area (Å²) >= 11 is 0. The quantitative estimate of drug-likeness (QED) is 0.638. The molecule has 10 heteroatoms. The number of carbonyl (C=O) groups is 1. The number of aryl methyl sites for hydroxylation is 2. The first-order valence-electron chi connectivity index (χ1n) is 8.59. The van der Waals surface area contributed by atoms with Gasteiger partial charge in [0.15, 0.2) is 11.4 Å². The number of rotatable bonds is 4. The van der Waals surface area contributed by atoms with E-state index in [-0.39, 0.29) is 22.9 Å². The van der Waals surface area contributed by atoms with Crippen molar-refractivity contribution in [3.8, 4) is 11.8 Å². The van der Waals surface area contributed by atoms with Gasteiger partial charge < -0.3 is 19.7 Å². The normalized spacial score (nSPS) is 19.9. The maximum atomic E-state index is 12.9. The zero-order valence-corrected chi connectivity index (χ0v) is 16.7. The number of amides is 1. The fourth-order valence-corrected chi connectivity index (χ4v) is 4.53. The molecule has 0 fully saturated rings. The van der Waals surface area contributed by atoms with E-state index in [1.54, 1.807) is 19.1 Å². The third-order valence-corrected chi connectivity index (χ3v) is 6.25. The highest BCUT2D eigenvalue weighted by Gasteiger charge is 2.40. The number of hydrogen-bond donors (Lipinski definition) is 3. The van der Waals surface area contributed by atoms with Gasteiger partial charge in [0.2, 0.25) is 10.0 Å². The van der Waals surface area contributed by atoms with Crippen LogP contribution in [0.4, 0.5) is 5.69 Å². The topological polar surface area (TPSA) is 133 Å². The standard InChI is InChI=1S/C19H20N4O5S/c1-4-19(10-24)11-28-17-15(29(26,27)22-19)9-23(3)16(17)18(25)21-14-6-5-12(2)13(7-14)8-20/h4-7,9,22,24H,1,10-11H2,2-3H3,(H,21,25). The summed E-state index contributed by atoms with van der Waals surface area (Å²) in [4.78, 5) is 12.7. The smallest absolute Gasteiger partial charge is 0.276 e. The molecule has 1 aliphatic rings. The van der Waals surface area contributed by atoms with E-state index in [1.165, 1.54) is 30.0 Å². The Morgan fingerprint density at radius 3 is 2.90 bits per heavy atom. The molecule has 1 aromatic carbocycles. The van der Waals surface area contributed by atoms with Crippen molar-refractivity contribution in [3.05, 3.63) is 53.9 Å². The molecule has 0 saturated carbocycles. The Morgan fingerprint density at radius 1 is 1.55 bits per heavy atom. The maximum Gasteiger partial charge on any atom is 0.276 e. The number of nitrogens with one attached hydrogen (secondary N) is 2. The largest absolute Gasteiger partial charge is 0.487 e. The lowest BCUT2D eigenvalue weighted by atomic mass is 10.0. The Balaban J connectivity index is 2.02. The van der Waals surface area contributed by atoms with E-state index in [9.17, 15) is 18.3 Å². The maximum absolute atomic E-state index is 12.9. The highest BCUT2D eigenvalue weighted by Crippen LogP contribution is 2.34. The van der Waals surface area contributed by atoms with Crippen molar-refractivity contribution in [2.75, 3.05) is 18.5 Å². The Morgan fingerprint density at radius 2 is 2.28 bits per heavy atom. The van der Waals surface area contributed by atoms with Crippen molar-refractivity contribution in [1.82, 2.24) is 9.29 Å². The average Bonchev–Trinajstić information content (AvgIpc) is 2.98. The second-order valence-corrected chi connectivity index (χ2v) is 8.44. The Hall–Kier alpha value is -3.13. The van der Waals surface area contributed by atoms with Crippen LogP contribution in [0.1, 0.15) is 21.6 Å². The molecule has 3 rings (SSSR count). The van der Waals surface area contributed by atoms with Gasteiger partial charge in [0, 0.05) is 18.9 Å². The summed E-state index contributed by atoms with van der Waals surface area (Å²) in [5.74, 6) is -0.728. The van der Waals surface area contributed by atoms with Crippen LogP contribution in [0.15, 0.2) is 41.9 Å². The number of aromatic nitrogens is 1. The van der Waals surface area contributed by atoms with Crippen molar-refractivity contribution < 1.29 is 23.1 Å². The number of anilines is 1. The van der Waals surface area contributed by atoms with Gasteiger partial charge in [-0.15, -0.1) is 6.58 Å². The van der Waals surface area contributed by atoms with Crippen LogP contribution in [-0.2, 0) is 17.1 Å². The van der Waals surface area contributed by atoms with Crippen LogP contribution in [0.3, 0.4) is 0 Å². The van der Waals surface area contributed by atoms with Crippen LogP contribution in [0.25, 0.3) is 0 Å². The molecule has 0 bridgehead atoms. The summed E-state index contributed by atoms with van der Waals surface area (Å²) in [6.45, 7) is 4.53. The lowest BCUT2D eigenvalue weighted by molar-refractivity contribution is 0.101. The summed E-state index contributed by atoms with van der Waals surface area (Å²) in [6.07, 6.45) is 2.52. The van der Waals surface area contributed by atoms with Crippen LogP contribution in [-0.4, -0.2) is 42.8 Å². The summed E-state index contributed by atoms with van der Waals surface area (Å²) in [7, 11) is -2.57. The van der Waals surface area contributed by atoms with Gasteiger partial charge in [-0.05, 0) is 24.6 Å². The van der Waals surface area contributed by atoms with Gasteiger partial charge in [-0.3, -0.25) is 4.79 Å². The number of nitriles is 1. The number of hydrogen-bond acceptors (Lipinski definition) is 6. The molecule has 29 heavy (non-hydrogen) atoms. The minimum Gasteiger partial charge on any atom is -0.487 e. The van der Waals surface area contributed by atoms with E-state index in [4.69, 9.17) is 10.00 Å². The van der Waals surface area contributed by atoms with Crippen molar-refractivity contribution in [3.63, 3.8) is 0 Å². The number of fused-ring (bicyclic) bond motifs is 1. The molecular formula is C19H20N4O5S. The lowest BCUT2D eigenvalue weighted by Crippen LogP contribution is -2.52. The fourth-order valence-electron chi connectivity index (χ4n) is 2.98. The summed E-state index contributed by atoms with van der Waals surface area (Å²) in [5.41, 5.74) is 0.147. The van der Waals surface area contributed by atoms with Crippen LogP contribution >= 0.6 is 0 Å². The van der Waals surface area contributed by atoms with E-state index in [1.807, 2.05) is 6.07 Å². The molecule has 1 atom stereocenters. The Bertz CT molecular complexity index is 1150.